The minimum atomic E-state index is -0.791. The summed E-state index contributed by atoms with van der Waals surface area (Å²) in [5.41, 5.74) is -0.560. The number of hydrogen-bond donors (Lipinski definition) is 1. The normalized spacial score (nSPS) is 16.2. The molecule has 0 unspecified atom stereocenters. The van der Waals surface area contributed by atoms with Crippen molar-refractivity contribution in [2.24, 2.45) is 5.92 Å². The summed E-state index contributed by atoms with van der Waals surface area (Å²) in [5, 5.41) is 2.63. The third-order valence-corrected chi connectivity index (χ3v) is 2.81. The minimum Gasteiger partial charge on any atom is -0.467 e. The fourth-order valence-corrected chi connectivity index (χ4v) is 1.68. The summed E-state index contributed by atoms with van der Waals surface area (Å²) in [6.07, 6.45) is 1.94. The quantitative estimate of drug-likeness (QED) is 0.741. The number of carbonyl (C=O) groups is 3. The first kappa shape index (κ1) is 16.5. The third kappa shape index (κ3) is 6.04. The molecule has 0 aromatic carbocycles. The summed E-state index contributed by atoms with van der Waals surface area (Å²) in [4.78, 5) is 34.9. The second-order valence-corrected chi connectivity index (χ2v) is 5.98. The van der Waals surface area contributed by atoms with Crippen LogP contribution in [-0.2, 0) is 23.9 Å². The van der Waals surface area contributed by atoms with Crippen molar-refractivity contribution in [2.45, 2.75) is 58.1 Å². The second-order valence-electron chi connectivity index (χ2n) is 5.98. The average Bonchev–Trinajstić information content (AvgIpc) is 3.14. The number of amides is 1. The maximum Gasteiger partial charge on any atom is 0.328 e. The van der Waals surface area contributed by atoms with Crippen molar-refractivity contribution in [3.05, 3.63) is 0 Å². The standard InChI is InChI=1S/C14H23NO5/c1-14(2,3)20-11(16)8-7-10(13(18)19-4)15-12(17)9-5-6-9/h9-10H,5-8H2,1-4H3,(H,15,17)/t10-/m0/s1. The molecule has 1 fully saturated rings. The Labute approximate surface area is 119 Å². The summed E-state index contributed by atoms with van der Waals surface area (Å²) in [6, 6.07) is -0.791. The molecular weight excluding hydrogens is 262 g/mol. The molecule has 0 aliphatic heterocycles. The Morgan fingerprint density at radius 3 is 2.30 bits per heavy atom. The van der Waals surface area contributed by atoms with Crippen LogP contribution in [0.4, 0.5) is 0 Å². The summed E-state index contributed by atoms with van der Waals surface area (Å²) in [7, 11) is 1.26. The van der Waals surface area contributed by atoms with E-state index in [0.29, 0.717) is 0 Å². The van der Waals surface area contributed by atoms with E-state index >= 15 is 0 Å². The molecule has 0 aromatic heterocycles. The number of carbonyl (C=O) groups excluding carboxylic acids is 3. The largest absolute Gasteiger partial charge is 0.467 e. The van der Waals surface area contributed by atoms with Crippen molar-refractivity contribution in [2.75, 3.05) is 7.11 Å². The average molecular weight is 285 g/mol. The van der Waals surface area contributed by atoms with Crippen LogP contribution in [-0.4, -0.2) is 36.6 Å². The highest BCUT2D eigenvalue weighted by Crippen LogP contribution is 2.29. The van der Waals surface area contributed by atoms with E-state index < -0.39 is 23.6 Å². The van der Waals surface area contributed by atoms with Gasteiger partial charge in [0, 0.05) is 12.3 Å². The first-order chi connectivity index (χ1) is 9.23. The highest BCUT2D eigenvalue weighted by Gasteiger charge is 2.33. The Kier molecular flexibility index (Phi) is 5.53. The molecule has 20 heavy (non-hydrogen) atoms. The maximum atomic E-state index is 11.7. The van der Waals surface area contributed by atoms with Crippen LogP contribution in [0.15, 0.2) is 0 Å². The van der Waals surface area contributed by atoms with Gasteiger partial charge < -0.3 is 14.8 Å². The van der Waals surface area contributed by atoms with Gasteiger partial charge in [-0.1, -0.05) is 0 Å². The molecule has 6 heteroatoms. The van der Waals surface area contributed by atoms with Gasteiger partial charge in [0.1, 0.15) is 11.6 Å². The fourth-order valence-electron chi connectivity index (χ4n) is 1.68. The first-order valence-corrected chi connectivity index (χ1v) is 6.83. The highest BCUT2D eigenvalue weighted by molar-refractivity contribution is 5.87. The molecule has 1 aliphatic carbocycles. The molecule has 0 radical (unpaired) electrons. The number of esters is 2. The van der Waals surface area contributed by atoms with E-state index in [2.05, 4.69) is 10.1 Å². The zero-order chi connectivity index (χ0) is 15.3. The molecule has 1 saturated carbocycles. The third-order valence-electron chi connectivity index (χ3n) is 2.81. The van der Waals surface area contributed by atoms with Crippen LogP contribution in [0.25, 0.3) is 0 Å². The molecule has 1 amide bonds. The van der Waals surface area contributed by atoms with Crippen molar-refractivity contribution in [3.8, 4) is 0 Å². The lowest BCUT2D eigenvalue weighted by molar-refractivity contribution is -0.155. The summed E-state index contributed by atoms with van der Waals surface area (Å²) < 4.78 is 9.80. The zero-order valence-corrected chi connectivity index (χ0v) is 12.5. The number of rotatable bonds is 6. The van der Waals surface area contributed by atoms with Crippen LogP contribution in [0.1, 0.15) is 46.5 Å². The Bertz CT molecular complexity index is 382. The fraction of sp³-hybridized carbons (Fsp3) is 0.786. The van der Waals surface area contributed by atoms with Crippen molar-refractivity contribution in [1.82, 2.24) is 5.32 Å². The van der Waals surface area contributed by atoms with Crippen LogP contribution >= 0.6 is 0 Å². The van der Waals surface area contributed by atoms with Crippen LogP contribution in [0, 0.1) is 5.92 Å². The second kappa shape index (κ2) is 6.72. The lowest BCUT2D eigenvalue weighted by atomic mass is 10.1. The van der Waals surface area contributed by atoms with Gasteiger partial charge in [-0.3, -0.25) is 9.59 Å². The van der Waals surface area contributed by atoms with Crippen LogP contribution < -0.4 is 5.32 Å². The maximum absolute atomic E-state index is 11.7. The van der Waals surface area contributed by atoms with Crippen molar-refractivity contribution >= 4 is 17.8 Å². The molecule has 114 valence electrons. The van der Waals surface area contributed by atoms with Gasteiger partial charge in [0.15, 0.2) is 0 Å². The van der Waals surface area contributed by atoms with Gasteiger partial charge in [-0.05, 0) is 40.0 Å². The lowest BCUT2D eigenvalue weighted by Gasteiger charge is -2.21. The Hall–Kier alpha value is -1.59. The smallest absolute Gasteiger partial charge is 0.328 e. The zero-order valence-electron chi connectivity index (χ0n) is 12.5. The highest BCUT2D eigenvalue weighted by atomic mass is 16.6. The SMILES string of the molecule is COC(=O)[C@H](CCC(=O)OC(C)(C)C)NC(=O)C1CC1. The van der Waals surface area contributed by atoms with Gasteiger partial charge in [-0.25, -0.2) is 4.79 Å². The molecule has 0 aromatic rings. The van der Waals surface area contributed by atoms with Gasteiger partial charge in [0.25, 0.3) is 0 Å². The van der Waals surface area contributed by atoms with E-state index in [4.69, 9.17) is 4.74 Å². The van der Waals surface area contributed by atoms with E-state index in [-0.39, 0.29) is 24.7 Å². The summed E-state index contributed by atoms with van der Waals surface area (Å²) >= 11 is 0. The monoisotopic (exact) mass is 285 g/mol. The van der Waals surface area contributed by atoms with Gasteiger partial charge >= 0.3 is 11.9 Å². The van der Waals surface area contributed by atoms with Crippen molar-refractivity contribution < 1.29 is 23.9 Å². The summed E-state index contributed by atoms with van der Waals surface area (Å²) in [5.74, 6) is -1.08. The molecule has 1 atom stereocenters. The van der Waals surface area contributed by atoms with Crippen LogP contribution in [0.3, 0.4) is 0 Å². The van der Waals surface area contributed by atoms with Gasteiger partial charge in [-0.15, -0.1) is 0 Å². The van der Waals surface area contributed by atoms with Gasteiger partial charge in [-0.2, -0.15) is 0 Å². The lowest BCUT2D eigenvalue weighted by Crippen LogP contribution is -2.42. The Morgan fingerprint density at radius 1 is 1.25 bits per heavy atom. The molecule has 0 bridgehead atoms. The molecular formula is C14H23NO5. The van der Waals surface area contributed by atoms with E-state index in [0.717, 1.165) is 12.8 Å². The predicted octanol–water partition coefficient (Wildman–Crippen LogP) is 1.18. The summed E-state index contributed by atoms with van der Waals surface area (Å²) in [6.45, 7) is 5.33. The first-order valence-electron chi connectivity index (χ1n) is 6.83. The number of hydrogen-bond acceptors (Lipinski definition) is 5. The Morgan fingerprint density at radius 2 is 1.85 bits per heavy atom. The van der Waals surface area contributed by atoms with Crippen molar-refractivity contribution in [3.63, 3.8) is 0 Å². The van der Waals surface area contributed by atoms with E-state index in [1.54, 1.807) is 20.8 Å². The molecule has 1 aliphatic rings. The topological polar surface area (TPSA) is 81.7 Å². The molecule has 0 spiro atoms. The van der Waals surface area contributed by atoms with E-state index in [9.17, 15) is 14.4 Å². The molecule has 1 N–H and O–H groups in total. The number of nitrogens with one attached hydrogen (secondary N) is 1. The minimum absolute atomic E-state index is 0.00341. The number of methoxy groups -OCH3 is 1. The van der Waals surface area contributed by atoms with Crippen LogP contribution in [0.2, 0.25) is 0 Å². The van der Waals surface area contributed by atoms with Crippen LogP contribution in [0.5, 0.6) is 0 Å². The van der Waals surface area contributed by atoms with Gasteiger partial charge in [0.05, 0.1) is 7.11 Å². The molecule has 0 saturated heterocycles. The van der Waals surface area contributed by atoms with E-state index in [1.807, 2.05) is 0 Å². The number of ether oxygens (including phenoxy) is 2. The van der Waals surface area contributed by atoms with E-state index in [1.165, 1.54) is 7.11 Å². The molecule has 1 rings (SSSR count). The van der Waals surface area contributed by atoms with Crippen molar-refractivity contribution in [1.29, 1.82) is 0 Å². The molecule has 6 nitrogen and oxygen atoms in total. The Balaban J connectivity index is 2.45. The van der Waals surface area contributed by atoms with Gasteiger partial charge in [0.2, 0.25) is 5.91 Å². The predicted molar refractivity (Wildman–Crippen MR) is 71.7 cm³/mol. The molecule has 0 heterocycles.